The van der Waals surface area contributed by atoms with E-state index in [-0.39, 0.29) is 11.9 Å². The fourth-order valence-corrected chi connectivity index (χ4v) is 2.98. The van der Waals surface area contributed by atoms with Crippen molar-refractivity contribution in [2.45, 2.75) is 50.5 Å². The average Bonchev–Trinajstić information content (AvgIpc) is 2.86. The molecule has 5 nitrogen and oxygen atoms in total. The second-order valence-corrected chi connectivity index (χ2v) is 5.27. The SMILES string of the molecule is CCNC1CCC2(CC1OCCCOC)OCCO2. The second-order valence-electron chi connectivity index (χ2n) is 5.27. The van der Waals surface area contributed by atoms with E-state index in [0.717, 1.165) is 45.4 Å². The zero-order valence-corrected chi connectivity index (χ0v) is 12.2. The summed E-state index contributed by atoms with van der Waals surface area (Å²) in [5, 5.41) is 3.51. The molecule has 2 rings (SSSR count). The van der Waals surface area contributed by atoms with E-state index >= 15 is 0 Å². The van der Waals surface area contributed by atoms with Gasteiger partial charge in [0.15, 0.2) is 5.79 Å². The fraction of sp³-hybridized carbons (Fsp3) is 1.00. The van der Waals surface area contributed by atoms with Gasteiger partial charge in [-0.25, -0.2) is 0 Å². The third kappa shape index (κ3) is 4.13. The number of likely N-dealkylation sites (N-methyl/N-ethyl adjacent to an activating group) is 1. The van der Waals surface area contributed by atoms with Gasteiger partial charge < -0.3 is 24.3 Å². The Kier molecular flexibility index (Phi) is 6.04. The van der Waals surface area contributed by atoms with Crippen LogP contribution < -0.4 is 5.32 Å². The molecule has 0 aromatic carbocycles. The van der Waals surface area contributed by atoms with Crippen LogP contribution in [0.4, 0.5) is 0 Å². The standard InChI is InChI=1S/C14H27NO4/c1-3-15-12-5-6-14(18-9-10-19-14)11-13(12)17-8-4-7-16-2/h12-13,15H,3-11H2,1-2H3. The first-order valence-electron chi connectivity index (χ1n) is 7.41. The Labute approximate surface area is 115 Å². The van der Waals surface area contributed by atoms with E-state index in [0.29, 0.717) is 19.3 Å². The molecule has 112 valence electrons. The molecule has 19 heavy (non-hydrogen) atoms. The molecular weight excluding hydrogens is 246 g/mol. The van der Waals surface area contributed by atoms with E-state index in [4.69, 9.17) is 18.9 Å². The van der Waals surface area contributed by atoms with E-state index < -0.39 is 0 Å². The maximum Gasteiger partial charge on any atom is 0.171 e. The third-order valence-electron chi connectivity index (χ3n) is 3.90. The maximum atomic E-state index is 6.03. The van der Waals surface area contributed by atoms with Gasteiger partial charge in [0.05, 0.1) is 19.3 Å². The van der Waals surface area contributed by atoms with Gasteiger partial charge in [-0.1, -0.05) is 6.92 Å². The summed E-state index contributed by atoms with van der Waals surface area (Å²) >= 11 is 0. The summed E-state index contributed by atoms with van der Waals surface area (Å²) in [5.74, 6) is -0.377. The van der Waals surface area contributed by atoms with Crippen molar-refractivity contribution in [3.8, 4) is 0 Å². The topological polar surface area (TPSA) is 49.0 Å². The van der Waals surface area contributed by atoms with Crippen LogP contribution in [-0.4, -0.2) is 58.0 Å². The van der Waals surface area contributed by atoms with Crippen LogP contribution in [0.5, 0.6) is 0 Å². The van der Waals surface area contributed by atoms with Gasteiger partial charge in [0, 0.05) is 39.2 Å². The van der Waals surface area contributed by atoms with Crippen LogP contribution in [0.15, 0.2) is 0 Å². The number of methoxy groups -OCH3 is 1. The molecular formula is C14H27NO4. The molecule has 1 saturated carbocycles. The highest BCUT2D eigenvalue weighted by molar-refractivity contribution is 4.92. The molecule has 1 spiro atoms. The Morgan fingerprint density at radius 2 is 2.05 bits per heavy atom. The van der Waals surface area contributed by atoms with Crippen LogP contribution in [0.3, 0.4) is 0 Å². The first-order chi connectivity index (χ1) is 9.29. The van der Waals surface area contributed by atoms with Gasteiger partial charge in [0.25, 0.3) is 0 Å². The summed E-state index contributed by atoms with van der Waals surface area (Å²) in [4.78, 5) is 0. The molecule has 1 saturated heterocycles. The number of ether oxygens (including phenoxy) is 4. The Hall–Kier alpha value is -0.200. The molecule has 1 N–H and O–H groups in total. The summed E-state index contributed by atoms with van der Waals surface area (Å²) in [7, 11) is 1.72. The number of nitrogens with one attached hydrogen (secondary N) is 1. The van der Waals surface area contributed by atoms with Crippen LogP contribution in [0.25, 0.3) is 0 Å². The van der Waals surface area contributed by atoms with Gasteiger partial charge in [0.1, 0.15) is 0 Å². The van der Waals surface area contributed by atoms with E-state index in [1.54, 1.807) is 7.11 Å². The Balaban J connectivity index is 1.84. The van der Waals surface area contributed by atoms with E-state index in [9.17, 15) is 0 Å². The second kappa shape index (κ2) is 7.55. The maximum absolute atomic E-state index is 6.03. The summed E-state index contributed by atoms with van der Waals surface area (Å²) < 4.78 is 22.7. The van der Waals surface area contributed by atoms with Crippen molar-refractivity contribution in [1.82, 2.24) is 5.32 Å². The van der Waals surface area contributed by atoms with Gasteiger partial charge in [-0.3, -0.25) is 0 Å². The molecule has 2 unspecified atom stereocenters. The first-order valence-corrected chi connectivity index (χ1v) is 7.41. The Morgan fingerprint density at radius 1 is 1.26 bits per heavy atom. The predicted molar refractivity (Wildman–Crippen MR) is 72.2 cm³/mol. The van der Waals surface area contributed by atoms with Crippen molar-refractivity contribution in [1.29, 1.82) is 0 Å². The van der Waals surface area contributed by atoms with Crippen molar-refractivity contribution >= 4 is 0 Å². The van der Waals surface area contributed by atoms with Crippen molar-refractivity contribution in [3.63, 3.8) is 0 Å². The van der Waals surface area contributed by atoms with Crippen molar-refractivity contribution in [2.75, 3.05) is 40.1 Å². The average molecular weight is 273 g/mol. The first kappa shape index (κ1) is 15.2. The highest BCUT2D eigenvalue weighted by Gasteiger charge is 2.45. The van der Waals surface area contributed by atoms with Crippen LogP contribution in [0.2, 0.25) is 0 Å². The van der Waals surface area contributed by atoms with Gasteiger partial charge in [0.2, 0.25) is 0 Å². The van der Waals surface area contributed by atoms with Gasteiger partial charge in [-0.15, -0.1) is 0 Å². The molecule has 0 aromatic rings. The van der Waals surface area contributed by atoms with Crippen molar-refractivity contribution in [2.24, 2.45) is 0 Å². The number of rotatable bonds is 7. The summed E-state index contributed by atoms with van der Waals surface area (Å²) in [6, 6.07) is 0.408. The van der Waals surface area contributed by atoms with Gasteiger partial charge in [-0.2, -0.15) is 0 Å². The summed E-state index contributed by atoms with van der Waals surface area (Å²) in [6.45, 7) is 6.00. The Morgan fingerprint density at radius 3 is 2.74 bits per heavy atom. The van der Waals surface area contributed by atoms with E-state index in [1.165, 1.54) is 0 Å². The minimum Gasteiger partial charge on any atom is -0.385 e. The largest absolute Gasteiger partial charge is 0.385 e. The number of hydrogen-bond donors (Lipinski definition) is 1. The zero-order valence-electron chi connectivity index (χ0n) is 12.2. The highest BCUT2D eigenvalue weighted by atomic mass is 16.7. The van der Waals surface area contributed by atoms with Crippen LogP contribution >= 0.6 is 0 Å². The van der Waals surface area contributed by atoms with Crippen LogP contribution in [0, 0.1) is 0 Å². The normalized spacial score (nSPS) is 30.0. The minimum absolute atomic E-state index is 0.170. The minimum atomic E-state index is -0.377. The molecule has 0 radical (unpaired) electrons. The summed E-state index contributed by atoms with van der Waals surface area (Å²) in [6.07, 6.45) is 3.94. The van der Waals surface area contributed by atoms with Crippen molar-refractivity contribution in [3.05, 3.63) is 0 Å². The van der Waals surface area contributed by atoms with Crippen LogP contribution in [0.1, 0.15) is 32.6 Å². The lowest BCUT2D eigenvalue weighted by Crippen LogP contribution is -2.52. The summed E-state index contributed by atoms with van der Waals surface area (Å²) in [5.41, 5.74) is 0. The highest BCUT2D eigenvalue weighted by Crippen LogP contribution is 2.37. The zero-order chi connectivity index (χ0) is 13.6. The Bertz CT molecular complexity index is 256. The lowest BCUT2D eigenvalue weighted by molar-refractivity contribution is -0.207. The molecule has 5 heteroatoms. The number of hydrogen-bond acceptors (Lipinski definition) is 5. The molecule has 0 aromatic heterocycles. The quantitative estimate of drug-likeness (QED) is 0.709. The molecule has 1 aliphatic carbocycles. The van der Waals surface area contributed by atoms with E-state index in [1.807, 2.05) is 0 Å². The molecule has 2 fully saturated rings. The van der Waals surface area contributed by atoms with Crippen molar-refractivity contribution < 1.29 is 18.9 Å². The molecule has 0 amide bonds. The lowest BCUT2D eigenvalue weighted by atomic mass is 9.87. The molecule has 1 heterocycles. The van der Waals surface area contributed by atoms with Gasteiger partial charge in [-0.05, 0) is 19.4 Å². The molecule has 2 atom stereocenters. The molecule has 2 aliphatic rings. The molecule has 1 aliphatic heterocycles. The fourth-order valence-electron chi connectivity index (χ4n) is 2.98. The molecule has 0 bridgehead atoms. The van der Waals surface area contributed by atoms with Gasteiger partial charge >= 0.3 is 0 Å². The van der Waals surface area contributed by atoms with Crippen LogP contribution in [-0.2, 0) is 18.9 Å². The smallest absolute Gasteiger partial charge is 0.171 e. The predicted octanol–water partition coefficient (Wildman–Crippen LogP) is 1.31. The van der Waals surface area contributed by atoms with E-state index in [2.05, 4.69) is 12.2 Å². The third-order valence-corrected chi connectivity index (χ3v) is 3.90. The monoisotopic (exact) mass is 273 g/mol. The lowest BCUT2D eigenvalue weighted by Gasteiger charge is -2.41.